The minimum atomic E-state index is -0.162. The minimum absolute atomic E-state index is 0.0143. The smallest absolute Gasteiger partial charge is 0.266 e. The summed E-state index contributed by atoms with van der Waals surface area (Å²) in [4.78, 5) is 33.3. The van der Waals surface area contributed by atoms with E-state index in [9.17, 15) is 9.59 Å². The van der Waals surface area contributed by atoms with Crippen LogP contribution in [0.1, 0.15) is 30.0 Å². The SMILES string of the molecule is COc1ccc(-n2c(SCC(=O)N(C)C3CCCc4ccccc43)nc3ccccc3c2=O)cc1. The fraction of sp³-hybridized carbons (Fsp3) is 0.250. The number of aromatic nitrogens is 2. The van der Waals surface area contributed by atoms with Gasteiger partial charge in [-0.3, -0.25) is 14.2 Å². The molecule has 1 aliphatic rings. The van der Waals surface area contributed by atoms with Crippen molar-refractivity contribution in [3.05, 3.63) is 94.3 Å². The zero-order valence-corrected chi connectivity index (χ0v) is 20.6. The van der Waals surface area contributed by atoms with Gasteiger partial charge in [0.2, 0.25) is 5.91 Å². The zero-order valence-electron chi connectivity index (χ0n) is 19.8. The van der Waals surface area contributed by atoms with E-state index in [0.29, 0.717) is 27.5 Å². The first-order valence-corrected chi connectivity index (χ1v) is 12.7. The molecule has 1 heterocycles. The van der Waals surface area contributed by atoms with Crippen LogP contribution < -0.4 is 10.3 Å². The summed E-state index contributed by atoms with van der Waals surface area (Å²) in [6, 6.07) is 23.0. The van der Waals surface area contributed by atoms with E-state index in [1.54, 1.807) is 17.7 Å². The molecule has 6 nitrogen and oxygen atoms in total. The van der Waals surface area contributed by atoms with Gasteiger partial charge in [-0.2, -0.15) is 0 Å². The van der Waals surface area contributed by atoms with Crippen molar-refractivity contribution in [1.29, 1.82) is 0 Å². The lowest BCUT2D eigenvalue weighted by Gasteiger charge is -2.33. The van der Waals surface area contributed by atoms with Crippen molar-refractivity contribution >= 4 is 28.6 Å². The molecule has 3 aromatic carbocycles. The monoisotopic (exact) mass is 485 g/mol. The maximum absolute atomic E-state index is 13.5. The Balaban J connectivity index is 1.45. The number of aryl methyl sites for hydroxylation is 1. The van der Waals surface area contributed by atoms with Crippen molar-refractivity contribution in [3.8, 4) is 11.4 Å². The van der Waals surface area contributed by atoms with E-state index in [0.717, 1.165) is 19.3 Å². The number of methoxy groups -OCH3 is 1. The van der Waals surface area contributed by atoms with E-state index in [4.69, 9.17) is 9.72 Å². The average Bonchev–Trinajstić information content (AvgIpc) is 2.91. The van der Waals surface area contributed by atoms with Gasteiger partial charge < -0.3 is 9.64 Å². The predicted octanol–water partition coefficient (Wildman–Crippen LogP) is 5.02. The summed E-state index contributed by atoms with van der Waals surface area (Å²) in [5.74, 6) is 0.908. The van der Waals surface area contributed by atoms with E-state index in [1.807, 2.05) is 60.5 Å². The second-order valence-corrected chi connectivity index (χ2v) is 9.59. The fourth-order valence-corrected chi connectivity index (χ4v) is 5.64. The molecule has 1 unspecified atom stereocenters. The Morgan fingerprint density at radius 2 is 1.83 bits per heavy atom. The van der Waals surface area contributed by atoms with Crippen LogP contribution in [0, 0.1) is 0 Å². The normalized spacial score (nSPS) is 15.0. The molecule has 35 heavy (non-hydrogen) atoms. The molecule has 0 aliphatic heterocycles. The zero-order chi connectivity index (χ0) is 24.4. The molecular formula is C28H27N3O3S. The number of rotatable bonds is 6. The van der Waals surface area contributed by atoms with Gasteiger partial charge in [-0.15, -0.1) is 0 Å². The number of fused-ring (bicyclic) bond motifs is 2. The maximum atomic E-state index is 13.5. The number of hydrogen-bond acceptors (Lipinski definition) is 5. The third-order valence-electron chi connectivity index (χ3n) is 6.60. The molecule has 0 saturated carbocycles. The lowest BCUT2D eigenvalue weighted by molar-refractivity contribution is -0.129. The fourth-order valence-electron chi connectivity index (χ4n) is 4.70. The number of amides is 1. The lowest BCUT2D eigenvalue weighted by Crippen LogP contribution is -2.34. The van der Waals surface area contributed by atoms with Crippen LogP contribution in [-0.2, 0) is 11.2 Å². The molecule has 5 rings (SSSR count). The lowest BCUT2D eigenvalue weighted by atomic mass is 9.87. The van der Waals surface area contributed by atoms with Gasteiger partial charge in [0.25, 0.3) is 5.56 Å². The first-order valence-electron chi connectivity index (χ1n) is 11.7. The van der Waals surface area contributed by atoms with Crippen molar-refractivity contribution in [2.45, 2.75) is 30.5 Å². The van der Waals surface area contributed by atoms with Crippen LogP contribution in [0.15, 0.2) is 82.7 Å². The summed E-state index contributed by atoms with van der Waals surface area (Å²) in [6.07, 6.45) is 3.07. The summed E-state index contributed by atoms with van der Waals surface area (Å²) >= 11 is 1.29. The van der Waals surface area contributed by atoms with Gasteiger partial charge >= 0.3 is 0 Å². The third-order valence-corrected chi connectivity index (χ3v) is 7.52. The van der Waals surface area contributed by atoms with Crippen LogP contribution in [0.4, 0.5) is 0 Å². The predicted molar refractivity (Wildman–Crippen MR) is 140 cm³/mol. The van der Waals surface area contributed by atoms with Crippen molar-refractivity contribution < 1.29 is 9.53 Å². The van der Waals surface area contributed by atoms with Crippen LogP contribution in [0.25, 0.3) is 16.6 Å². The van der Waals surface area contributed by atoms with Crippen LogP contribution >= 0.6 is 11.8 Å². The highest BCUT2D eigenvalue weighted by atomic mass is 32.2. The molecule has 1 atom stereocenters. The van der Waals surface area contributed by atoms with Crippen molar-refractivity contribution in [3.63, 3.8) is 0 Å². The number of carbonyl (C=O) groups is 1. The molecule has 0 bridgehead atoms. The Labute approximate surface area is 208 Å². The number of para-hydroxylation sites is 1. The number of ether oxygens (including phenoxy) is 1. The standard InChI is InChI=1S/C28H27N3O3S/c1-30(25-13-7-9-19-8-3-4-10-22(19)25)26(32)18-35-28-29-24-12-6-5-11-23(24)27(33)31(28)20-14-16-21(34-2)17-15-20/h3-6,8,10-12,14-17,25H,7,9,13,18H2,1-2H3. The van der Waals surface area contributed by atoms with Crippen LogP contribution in [0.2, 0.25) is 0 Å². The highest BCUT2D eigenvalue weighted by Gasteiger charge is 2.27. The van der Waals surface area contributed by atoms with Crippen molar-refractivity contribution in [2.24, 2.45) is 0 Å². The van der Waals surface area contributed by atoms with Crippen molar-refractivity contribution in [2.75, 3.05) is 19.9 Å². The maximum Gasteiger partial charge on any atom is 0.266 e. The summed E-state index contributed by atoms with van der Waals surface area (Å²) in [6.45, 7) is 0. The first kappa shape index (κ1) is 23.2. The van der Waals surface area contributed by atoms with Gasteiger partial charge in [0.05, 0.1) is 35.5 Å². The molecule has 1 amide bonds. The molecule has 178 valence electrons. The van der Waals surface area contributed by atoms with Crippen LogP contribution in [-0.4, -0.2) is 40.3 Å². The highest BCUT2D eigenvalue weighted by molar-refractivity contribution is 7.99. The molecule has 0 radical (unpaired) electrons. The van der Waals surface area contributed by atoms with Gasteiger partial charge in [-0.25, -0.2) is 4.98 Å². The van der Waals surface area contributed by atoms with Gasteiger partial charge in [0.1, 0.15) is 5.75 Å². The molecule has 0 N–H and O–H groups in total. The molecular weight excluding hydrogens is 458 g/mol. The Kier molecular flexibility index (Phi) is 6.59. The quantitative estimate of drug-likeness (QED) is 0.283. The second kappa shape index (κ2) is 9.96. The molecule has 0 fully saturated rings. The summed E-state index contributed by atoms with van der Waals surface area (Å²) in [5.41, 5.74) is 3.69. The molecule has 1 aromatic heterocycles. The van der Waals surface area contributed by atoms with Crippen molar-refractivity contribution in [1.82, 2.24) is 14.5 Å². The van der Waals surface area contributed by atoms with E-state index < -0.39 is 0 Å². The third kappa shape index (κ3) is 4.56. The van der Waals surface area contributed by atoms with E-state index in [2.05, 4.69) is 18.2 Å². The Morgan fingerprint density at radius 3 is 2.63 bits per heavy atom. The van der Waals surface area contributed by atoms with Gasteiger partial charge in [0.15, 0.2) is 5.16 Å². The van der Waals surface area contributed by atoms with Gasteiger partial charge in [0, 0.05) is 7.05 Å². The highest BCUT2D eigenvalue weighted by Crippen LogP contribution is 2.34. The van der Waals surface area contributed by atoms with E-state index in [-0.39, 0.29) is 23.3 Å². The number of nitrogens with zero attached hydrogens (tertiary/aromatic N) is 3. The Bertz CT molecular complexity index is 1430. The Hall–Kier alpha value is -3.58. The largest absolute Gasteiger partial charge is 0.497 e. The number of hydrogen-bond donors (Lipinski definition) is 0. The number of carbonyl (C=O) groups excluding carboxylic acids is 1. The summed E-state index contributed by atoms with van der Waals surface area (Å²) < 4.78 is 6.84. The van der Waals surface area contributed by atoms with E-state index >= 15 is 0 Å². The van der Waals surface area contributed by atoms with Gasteiger partial charge in [-0.05, 0) is 66.8 Å². The van der Waals surface area contributed by atoms with Crippen LogP contribution in [0.5, 0.6) is 5.75 Å². The summed E-state index contributed by atoms with van der Waals surface area (Å²) in [5, 5.41) is 1.03. The minimum Gasteiger partial charge on any atom is -0.497 e. The average molecular weight is 486 g/mol. The second-order valence-electron chi connectivity index (χ2n) is 8.65. The first-order chi connectivity index (χ1) is 17.1. The Morgan fingerprint density at radius 1 is 1.09 bits per heavy atom. The molecule has 7 heteroatoms. The molecule has 0 saturated heterocycles. The molecule has 1 aliphatic carbocycles. The van der Waals surface area contributed by atoms with E-state index in [1.165, 1.54) is 22.9 Å². The van der Waals surface area contributed by atoms with Crippen LogP contribution in [0.3, 0.4) is 0 Å². The molecule has 0 spiro atoms. The summed E-state index contributed by atoms with van der Waals surface area (Å²) in [7, 11) is 3.48. The number of benzene rings is 3. The number of thioether (sulfide) groups is 1. The van der Waals surface area contributed by atoms with Gasteiger partial charge in [-0.1, -0.05) is 48.2 Å². The topological polar surface area (TPSA) is 64.4 Å². The molecule has 4 aromatic rings.